The first kappa shape index (κ1) is 54.4. The zero-order valence-corrected chi connectivity index (χ0v) is 44.5. The number of esters is 2. The monoisotopic (exact) mass is 1070 g/mol. The van der Waals surface area contributed by atoms with Gasteiger partial charge in [-0.2, -0.15) is 0 Å². The van der Waals surface area contributed by atoms with Crippen molar-refractivity contribution in [2.75, 3.05) is 32.6 Å². The van der Waals surface area contributed by atoms with E-state index in [1.807, 2.05) is 25.3 Å². The summed E-state index contributed by atoms with van der Waals surface area (Å²) in [7, 11) is -3.18. The summed E-state index contributed by atoms with van der Waals surface area (Å²) in [6, 6.07) is 20.9. The molecule has 2 saturated carbocycles. The highest BCUT2D eigenvalue weighted by Crippen LogP contribution is 2.73. The Morgan fingerprint density at radius 2 is 1.52 bits per heavy atom. The summed E-state index contributed by atoms with van der Waals surface area (Å²) in [5.74, 6) is -2.75. The van der Waals surface area contributed by atoms with Crippen LogP contribution in [0.4, 0.5) is 9.93 Å². The highest BCUT2D eigenvalue weighted by molar-refractivity contribution is 7.56. The van der Waals surface area contributed by atoms with Crippen molar-refractivity contribution in [1.82, 2.24) is 25.5 Å². The molecule has 75 heavy (non-hydrogen) atoms. The Kier molecular flexibility index (Phi) is 16.9. The summed E-state index contributed by atoms with van der Waals surface area (Å²) in [4.78, 5) is 81.0. The standard InChI is InChI=1S/C54H63N6O13PS/c1-8-36-28-54(36,74(66,70-31-68-49(63)34-17-11-9-12-18-34)71-32-69-50(64)35-19-13-10-14-20-35)59-47(61)44-26-39(29-60(44)48(62)46(53(4,5)6)58-52(65)73-37-21-15-16-22-37)72-45-27-42(43-30-75-51(57-43)55-33(2)3)56-41-25-38(67-7)23-24-40(41)45/h8-14,17-20,23-25,27,30,33,36-37,39,44,46H,1,15-16,21-22,26,28-29,31-32H2,2-7H3,(H,55,57)(H,58,65)(H,59,61)/t36?,39-,44+,46-,54+/m1/s1. The number of thiazole rings is 1. The van der Waals surface area contributed by atoms with Crippen LogP contribution in [0, 0.1) is 11.3 Å². The highest BCUT2D eigenvalue weighted by atomic mass is 32.1. The number of nitrogens with one attached hydrogen (secondary N) is 3. The van der Waals surface area contributed by atoms with Gasteiger partial charge in [-0.3, -0.25) is 23.2 Å². The number of nitrogens with zero attached hydrogens (tertiary/aromatic N) is 3. The van der Waals surface area contributed by atoms with Gasteiger partial charge in [0.2, 0.25) is 25.4 Å². The van der Waals surface area contributed by atoms with Gasteiger partial charge in [0.1, 0.15) is 46.8 Å². The summed E-state index contributed by atoms with van der Waals surface area (Å²) >= 11 is 1.43. The lowest BCUT2D eigenvalue weighted by molar-refractivity contribution is -0.142. The quantitative estimate of drug-likeness (QED) is 0.0204. The fourth-order valence-electron chi connectivity index (χ4n) is 9.17. The van der Waals surface area contributed by atoms with E-state index in [1.165, 1.54) is 46.6 Å². The Hall–Kier alpha value is -6.86. The number of pyridine rings is 1. The van der Waals surface area contributed by atoms with E-state index in [0.29, 0.717) is 51.8 Å². The van der Waals surface area contributed by atoms with Gasteiger partial charge >= 0.3 is 25.6 Å². The minimum absolute atomic E-state index is 0.0289. The fourth-order valence-corrected chi connectivity index (χ4v) is 12.1. The van der Waals surface area contributed by atoms with Crippen molar-refractivity contribution in [3.8, 4) is 22.9 Å². The van der Waals surface area contributed by atoms with Crippen molar-refractivity contribution in [3.63, 3.8) is 0 Å². The van der Waals surface area contributed by atoms with Crippen LogP contribution >= 0.6 is 18.9 Å². The summed E-state index contributed by atoms with van der Waals surface area (Å²) in [5, 5.41) is 10.4. The van der Waals surface area contributed by atoms with Crippen LogP contribution in [0.2, 0.25) is 0 Å². The van der Waals surface area contributed by atoms with Crippen LogP contribution in [0.1, 0.15) is 93.9 Å². The van der Waals surface area contributed by atoms with Gasteiger partial charge in [0.15, 0.2) is 5.13 Å². The number of anilines is 1. The van der Waals surface area contributed by atoms with E-state index in [-0.39, 0.29) is 42.7 Å². The maximum atomic E-state index is 15.4. The second kappa shape index (κ2) is 23.4. The van der Waals surface area contributed by atoms with Gasteiger partial charge in [-0.05, 0) is 87.8 Å². The molecule has 2 aliphatic carbocycles. The van der Waals surface area contributed by atoms with Gasteiger partial charge < -0.3 is 44.5 Å². The third-order valence-corrected chi connectivity index (χ3v) is 16.5. The Labute approximate surface area is 439 Å². The first-order valence-corrected chi connectivity index (χ1v) is 27.3. The Morgan fingerprint density at radius 3 is 2.09 bits per heavy atom. The first-order valence-electron chi connectivity index (χ1n) is 24.8. The number of benzene rings is 3. The number of carbonyl (C=O) groups excluding carboxylic acids is 5. The number of aromatic nitrogens is 2. The predicted molar refractivity (Wildman–Crippen MR) is 280 cm³/mol. The third kappa shape index (κ3) is 12.8. The highest BCUT2D eigenvalue weighted by Gasteiger charge is 2.69. The topological polar surface area (TPSA) is 232 Å². The minimum atomic E-state index is -4.73. The normalized spacial score (nSPS) is 20.0. The maximum absolute atomic E-state index is 15.4. The molecule has 3 heterocycles. The number of ether oxygens (including phenoxy) is 5. The molecule has 1 aliphatic heterocycles. The van der Waals surface area contributed by atoms with Gasteiger partial charge in [-0.15, -0.1) is 17.9 Å². The molecule has 3 aliphatic rings. The number of alkyl carbamates (subject to hydrolysis) is 1. The minimum Gasteiger partial charge on any atom is -0.497 e. The Balaban J connectivity index is 1.12. The van der Waals surface area contributed by atoms with Crippen LogP contribution in [0.25, 0.3) is 22.3 Å². The molecule has 21 heteroatoms. The molecule has 0 radical (unpaired) electrons. The molecule has 3 N–H and O–H groups in total. The molecule has 0 bridgehead atoms. The van der Waals surface area contributed by atoms with Gasteiger partial charge in [-0.25, -0.2) is 24.4 Å². The fraction of sp³-hybridized carbons (Fsp3) is 0.426. The molecule has 3 amide bonds. The van der Waals surface area contributed by atoms with Crippen molar-refractivity contribution >= 4 is 64.8 Å². The molecule has 5 atom stereocenters. The first-order chi connectivity index (χ1) is 35.9. The van der Waals surface area contributed by atoms with Gasteiger partial charge in [0, 0.05) is 41.3 Å². The molecule has 398 valence electrons. The second-order valence-corrected chi connectivity index (χ2v) is 23.2. The average Bonchev–Trinajstić information content (AvgIpc) is 3.79. The Morgan fingerprint density at radius 1 is 0.880 bits per heavy atom. The number of hydrogen-bond donors (Lipinski definition) is 3. The number of amides is 3. The van der Waals surface area contributed by atoms with Crippen LogP contribution in [0.3, 0.4) is 0 Å². The van der Waals surface area contributed by atoms with Crippen molar-refractivity contribution in [2.24, 2.45) is 11.3 Å². The summed E-state index contributed by atoms with van der Waals surface area (Å²) < 4.78 is 56.0. The summed E-state index contributed by atoms with van der Waals surface area (Å²) in [6.45, 7) is 11.4. The van der Waals surface area contributed by atoms with Crippen molar-refractivity contribution in [1.29, 1.82) is 0 Å². The molecule has 1 unspecified atom stereocenters. The zero-order valence-electron chi connectivity index (χ0n) is 42.8. The van der Waals surface area contributed by atoms with E-state index in [9.17, 15) is 14.4 Å². The number of hydrogen-bond acceptors (Lipinski definition) is 17. The van der Waals surface area contributed by atoms with Crippen LogP contribution < -0.4 is 25.4 Å². The molecule has 8 rings (SSSR count). The number of rotatable bonds is 21. The SMILES string of the molecule is C=CC1C[C@]1(NC(=O)[C@@H]1C[C@@H](Oc2cc(-c3csc(NC(C)C)n3)nc3cc(OC)ccc23)CN1C(=O)[C@@H](NC(=O)OC1CCCC1)C(C)(C)C)P(=O)(OCOC(=O)c1ccccc1)OCOC(=O)c1ccccc1. The molecule has 19 nitrogen and oxygen atoms in total. The average molecular weight is 1070 g/mol. The molecule has 1 saturated heterocycles. The lowest BCUT2D eigenvalue weighted by Crippen LogP contribution is -2.58. The van der Waals surface area contributed by atoms with Crippen molar-refractivity contribution in [2.45, 2.75) is 109 Å². The molecule has 3 fully saturated rings. The molecule has 0 spiro atoms. The number of methoxy groups -OCH3 is 1. The molecule has 3 aromatic carbocycles. The zero-order chi connectivity index (χ0) is 53.5. The van der Waals surface area contributed by atoms with Crippen LogP contribution in [-0.4, -0.2) is 108 Å². The predicted octanol–water partition coefficient (Wildman–Crippen LogP) is 9.49. The van der Waals surface area contributed by atoms with Crippen molar-refractivity contribution < 1.29 is 61.3 Å². The van der Waals surface area contributed by atoms with E-state index in [2.05, 4.69) is 22.5 Å². The van der Waals surface area contributed by atoms with E-state index in [1.54, 1.807) is 82.5 Å². The number of likely N-dealkylation sites (tertiary alicyclic amines) is 1. The summed E-state index contributed by atoms with van der Waals surface area (Å²) in [6.07, 6.45) is 2.72. The largest absolute Gasteiger partial charge is 0.497 e. The van der Waals surface area contributed by atoms with Crippen LogP contribution in [-0.2, 0) is 37.4 Å². The third-order valence-electron chi connectivity index (χ3n) is 13.2. The lowest BCUT2D eigenvalue weighted by atomic mass is 9.85. The molecular formula is C54H63N6O13PS. The molecule has 2 aromatic heterocycles. The van der Waals surface area contributed by atoms with Crippen LogP contribution in [0.15, 0.2) is 103 Å². The second-order valence-electron chi connectivity index (χ2n) is 20.0. The van der Waals surface area contributed by atoms with E-state index < -0.39 is 85.8 Å². The van der Waals surface area contributed by atoms with E-state index in [0.717, 1.165) is 12.8 Å². The van der Waals surface area contributed by atoms with E-state index >= 15 is 14.2 Å². The van der Waals surface area contributed by atoms with Crippen LogP contribution in [0.5, 0.6) is 11.5 Å². The lowest BCUT2D eigenvalue weighted by Gasteiger charge is -2.36. The van der Waals surface area contributed by atoms with Gasteiger partial charge in [0.05, 0.1) is 36.0 Å². The van der Waals surface area contributed by atoms with Crippen molar-refractivity contribution in [3.05, 3.63) is 114 Å². The summed E-state index contributed by atoms with van der Waals surface area (Å²) in [5.41, 5.74) is 1.12. The smallest absolute Gasteiger partial charge is 0.408 e. The van der Waals surface area contributed by atoms with Gasteiger partial charge in [-0.1, -0.05) is 63.2 Å². The maximum Gasteiger partial charge on any atom is 0.408 e. The number of carbonyl (C=O) groups is 5. The molecular weight excluding hydrogens is 1000 g/mol. The Bertz CT molecular complexity index is 2870. The molecule has 5 aromatic rings. The van der Waals surface area contributed by atoms with Gasteiger partial charge in [0.25, 0.3) is 0 Å². The number of fused-ring (bicyclic) bond motifs is 1. The van der Waals surface area contributed by atoms with E-state index in [4.69, 9.17) is 42.7 Å².